The van der Waals surface area contributed by atoms with Gasteiger partial charge in [-0.15, -0.1) is 5.10 Å². The number of rotatable bonds is 4. The van der Waals surface area contributed by atoms with Gasteiger partial charge >= 0.3 is 5.97 Å². The summed E-state index contributed by atoms with van der Waals surface area (Å²) in [6.07, 6.45) is 2.75. The number of ether oxygens (including phenoxy) is 1. The summed E-state index contributed by atoms with van der Waals surface area (Å²) < 4.78 is 4.53. The third-order valence-electron chi connectivity index (χ3n) is 4.43. The molecule has 1 heterocycles. The average molecular weight is 422 g/mol. The highest BCUT2D eigenvalue weighted by atomic mass is 32.2. The quantitative estimate of drug-likeness (QED) is 0.346. The van der Waals surface area contributed by atoms with E-state index in [1.165, 1.54) is 12.7 Å². The van der Waals surface area contributed by atoms with Gasteiger partial charge in [-0.05, 0) is 45.5 Å². The summed E-state index contributed by atoms with van der Waals surface area (Å²) in [4.78, 5) is 23.3. The average Bonchev–Trinajstić information content (AvgIpc) is 3.06. The number of thioether (sulfide) groups is 1. The van der Waals surface area contributed by atoms with E-state index in [-0.39, 0.29) is 10.3 Å². The molecule has 0 saturated carbocycles. The van der Waals surface area contributed by atoms with Crippen LogP contribution < -0.4 is 5.32 Å². The molecule has 0 aromatic heterocycles. The lowest BCUT2D eigenvalue weighted by atomic mass is 9.86. The zero-order valence-electron chi connectivity index (χ0n) is 17.3. The van der Waals surface area contributed by atoms with Gasteiger partial charge in [0.1, 0.15) is 0 Å². The van der Waals surface area contributed by atoms with E-state index in [0.29, 0.717) is 5.17 Å². The van der Waals surface area contributed by atoms with E-state index >= 15 is 0 Å². The molecule has 1 N–H and O–H groups in total. The molecule has 0 radical (unpaired) electrons. The molecular formula is C23H23N3O3S. The number of hydrogen-bond acceptors (Lipinski definition) is 6. The first-order valence-corrected chi connectivity index (χ1v) is 10.2. The number of hydrogen-bond donors (Lipinski definition) is 1. The molecular weight excluding hydrogens is 398 g/mol. The molecule has 154 valence electrons. The van der Waals surface area contributed by atoms with Crippen LogP contribution in [0.5, 0.6) is 0 Å². The van der Waals surface area contributed by atoms with Crippen molar-refractivity contribution in [2.24, 2.45) is 10.2 Å². The number of carbonyl (C=O) groups is 2. The highest BCUT2D eigenvalue weighted by Crippen LogP contribution is 2.26. The van der Waals surface area contributed by atoms with Crippen LogP contribution in [0.1, 0.15) is 31.9 Å². The summed E-state index contributed by atoms with van der Waals surface area (Å²) in [6.45, 7) is 6.58. The van der Waals surface area contributed by atoms with Gasteiger partial charge in [-0.3, -0.25) is 10.1 Å². The first-order valence-electron chi connectivity index (χ1n) is 9.37. The minimum atomic E-state index is -0.593. The first-order chi connectivity index (χ1) is 14.3. The third kappa shape index (κ3) is 5.45. The fourth-order valence-corrected chi connectivity index (χ4v) is 3.49. The Balaban J connectivity index is 1.72. The van der Waals surface area contributed by atoms with Crippen LogP contribution in [0.3, 0.4) is 0 Å². The van der Waals surface area contributed by atoms with Crippen molar-refractivity contribution in [3.8, 4) is 11.1 Å². The Morgan fingerprint density at radius 2 is 1.83 bits per heavy atom. The van der Waals surface area contributed by atoms with Crippen molar-refractivity contribution in [3.63, 3.8) is 0 Å². The lowest BCUT2D eigenvalue weighted by molar-refractivity contribution is -0.135. The van der Waals surface area contributed by atoms with Crippen LogP contribution in [0, 0.1) is 0 Å². The molecule has 30 heavy (non-hydrogen) atoms. The maximum absolute atomic E-state index is 11.8. The number of methoxy groups -OCH3 is 1. The van der Waals surface area contributed by atoms with Crippen molar-refractivity contribution in [3.05, 3.63) is 70.6 Å². The SMILES string of the molecule is COC(=O)/C=C1/S/C(=N\N=Cc2cccc(-c3ccc(C(C)(C)C)cc3)c2)NC1=O. The molecule has 1 aliphatic heterocycles. The number of amides is 1. The van der Waals surface area contributed by atoms with Crippen LogP contribution in [-0.2, 0) is 19.7 Å². The van der Waals surface area contributed by atoms with E-state index in [9.17, 15) is 9.59 Å². The molecule has 0 spiro atoms. The number of carbonyl (C=O) groups excluding carboxylic acids is 2. The van der Waals surface area contributed by atoms with E-state index in [1.54, 1.807) is 6.21 Å². The van der Waals surface area contributed by atoms with Gasteiger partial charge in [0.25, 0.3) is 5.91 Å². The molecule has 2 aromatic rings. The summed E-state index contributed by atoms with van der Waals surface area (Å²) in [6, 6.07) is 16.5. The third-order valence-corrected chi connectivity index (χ3v) is 5.33. The van der Waals surface area contributed by atoms with Gasteiger partial charge in [0.2, 0.25) is 0 Å². The molecule has 1 amide bonds. The van der Waals surface area contributed by atoms with Crippen molar-refractivity contribution < 1.29 is 14.3 Å². The fraction of sp³-hybridized carbons (Fsp3) is 0.217. The summed E-state index contributed by atoms with van der Waals surface area (Å²) in [5, 5.41) is 10.9. The molecule has 0 unspecified atom stereocenters. The second-order valence-corrected chi connectivity index (χ2v) is 8.72. The Kier molecular flexibility index (Phi) is 6.52. The summed E-state index contributed by atoms with van der Waals surface area (Å²) >= 11 is 1.04. The molecule has 2 aromatic carbocycles. The van der Waals surface area contributed by atoms with Crippen LogP contribution in [0.2, 0.25) is 0 Å². The maximum Gasteiger partial charge on any atom is 0.331 e. The van der Waals surface area contributed by atoms with Gasteiger partial charge in [0.05, 0.1) is 18.2 Å². The molecule has 1 fully saturated rings. The van der Waals surface area contributed by atoms with Crippen molar-refractivity contribution in [1.82, 2.24) is 5.32 Å². The van der Waals surface area contributed by atoms with Gasteiger partial charge in [-0.25, -0.2) is 4.79 Å². The number of amidine groups is 1. The van der Waals surface area contributed by atoms with Gasteiger partial charge in [0.15, 0.2) is 5.17 Å². The lowest BCUT2D eigenvalue weighted by Gasteiger charge is -2.19. The van der Waals surface area contributed by atoms with Crippen LogP contribution in [0.15, 0.2) is 69.7 Å². The Bertz CT molecular complexity index is 1050. The zero-order valence-corrected chi connectivity index (χ0v) is 18.1. The maximum atomic E-state index is 11.8. The van der Waals surface area contributed by atoms with Gasteiger partial charge < -0.3 is 4.74 Å². The van der Waals surface area contributed by atoms with Crippen LogP contribution in [-0.4, -0.2) is 30.4 Å². The highest BCUT2D eigenvalue weighted by molar-refractivity contribution is 8.18. The van der Waals surface area contributed by atoms with E-state index in [4.69, 9.17) is 0 Å². The number of nitrogens with zero attached hydrogens (tertiary/aromatic N) is 2. The zero-order chi connectivity index (χ0) is 21.7. The molecule has 1 saturated heterocycles. The van der Waals surface area contributed by atoms with E-state index in [2.05, 4.69) is 65.3 Å². The minimum Gasteiger partial charge on any atom is -0.466 e. The molecule has 0 bridgehead atoms. The van der Waals surface area contributed by atoms with Crippen LogP contribution in [0.4, 0.5) is 0 Å². The predicted octanol–water partition coefficient (Wildman–Crippen LogP) is 4.26. The Hall–Kier alpha value is -3.19. The van der Waals surface area contributed by atoms with Gasteiger partial charge in [0, 0.05) is 6.08 Å². The fourth-order valence-electron chi connectivity index (χ4n) is 2.75. The lowest BCUT2D eigenvalue weighted by Crippen LogP contribution is -2.19. The molecule has 0 aliphatic carbocycles. The predicted molar refractivity (Wildman–Crippen MR) is 121 cm³/mol. The van der Waals surface area contributed by atoms with E-state index in [1.807, 2.05) is 24.3 Å². The molecule has 1 aliphatic rings. The van der Waals surface area contributed by atoms with Crippen molar-refractivity contribution in [1.29, 1.82) is 0 Å². The highest BCUT2D eigenvalue weighted by Gasteiger charge is 2.25. The Morgan fingerprint density at radius 3 is 2.50 bits per heavy atom. The van der Waals surface area contributed by atoms with Crippen molar-refractivity contribution >= 4 is 35.0 Å². The molecule has 7 heteroatoms. The molecule has 3 rings (SSSR count). The van der Waals surface area contributed by atoms with Gasteiger partial charge in [-0.2, -0.15) is 5.10 Å². The second-order valence-electron chi connectivity index (χ2n) is 7.69. The number of benzene rings is 2. The first kappa shape index (κ1) is 21.5. The monoisotopic (exact) mass is 421 g/mol. The minimum absolute atomic E-state index is 0.117. The van der Waals surface area contributed by atoms with Crippen LogP contribution in [0.25, 0.3) is 11.1 Å². The number of nitrogens with one attached hydrogen (secondary N) is 1. The number of esters is 1. The molecule has 0 atom stereocenters. The summed E-state index contributed by atoms with van der Waals surface area (Å²) in [5.41, 5.74) is 4.50. The van der Waals surface area contributed by atoms with E-state index < -0.39 is 11.9 Å². The smallest absolute Gasteiger partial charge is 0.331 e. The topological polar surface area (TPSA) is 80.1 Å². The molecule has 6 nitrogen and oxygen atoms in total. The van der Waals surface area contributed by atoms with Gasteiger partial charge in [-0.1, -0.05) is 63.2 Å². The Labute approximate surface area is 180 Å². The van der Waals surface area contributed by atoms with Crippen LogP contribution >= 0.6 is 11.8 Å². The normalized spacial score (nSPS) is 17.0. The standard InChI is InChI=1S/C23H23N3O3S/c1-23(2,3)18-10-8-16(9-11-18)17-7-5-6-15(12-17)14-24-26-22-25-21(28)19(30-22)13-20(27)29-4/h5-14H,1-4H3,(H,25,26,28)/b19-13+,24-14?. The second kappa shape index (κ2) is 9.09. The van der Waals surface area contributed by atoms with Crippen molar-refractivity contribution in [2.75, 3.05) is 7.11 Å². The van der Waals surface area contributed by atoms with Crippen molar-refractivity contribution in [2.45, 2.75) is 26.2 Å². The largest absolute Gasteiger partial charge is 0.466 e. The summed E-state index contributed by atoms with van der Waals surface area (Å²) in [7, 11) is 1.25. The van der Waals surface area contributed by atoms with E-state index in [0.717, 1.165) is 34.5 Å². The summed E-state index contributed by atoms with van der Waals surface area (Å²) in [5.74, 6) is -0.996. The Morgan fingerprint density at radius 1 is 1.10 bits per heavy atom.